The second-order valence-corrected chi connectivity index (χ2v) is 5.22. The van der Waals surface area contributed by atoms with Crippen LogP contribution in [0.4, 0.5) is 0 Å². The van der Waals surface area contributed by atoms with Crippen molar-refractivity contribution in [3.8, 4) is 0 Å². The van der Waals surface area contributed by atoms with Gasteiger partial charge in [-0.15, -0.1) is 0 Å². The molecule has 0 spiro atoms. The van der Waals surface area contributed by atoms with Crippen LogP contribution < -0.4 is 0 Å². The number of rotatable bonds is 5. The molecular formula is C18H21NO. The Morgan fingerprint density at radius 3 is 2.50 bits per heavy atom. The van der Waals surface area contributed by atoms with Crippen LogP contribution in [0.1, 0.15) is 19.4 Å². The molecule has 0 bridgehead atoms. The summed E-state index contributed by atoms with van der Waals surface area (Å²) in [5.41, 5.74) is 2.08. The Morgan fingerprint density at radius 2 is 1.85 bits per heavy atom. The molecule has 0 aliphatic carbocycles. The Labute approximate surface area is 120 Å². The summed E-state index contributed by atoms with van der Waals surface area (Å²) in [4.78, 5) is 14.1. The topological polar surface area (TPSA) is 20.3 Å². The molecule has 2 aromatic rings. The van der Waals surface area contributed by atoms with E-state index in [1.54, 1.807) is 0 Å². The highest BCUT2D eigenvalue weighted by atomic mass is 16.2. The lowest BCUT2D eigenvalue weighted by Crippen LogP contribution is -2.33. The van der Waals surface area contributed by atoms with E-state index < -0.39 is 0 Å². The molecular weight excluding hydrogens is 246 g/mol. The van der Waals surface area contributed by atoms with Crippen LogP contribution in [0.25, 0.3) is 10.8 Å². The van der Waals surface area contributed by atoms with Crippen LogP contribution in [0.2, 0.25) is 0 Å². The molecule has 0 saturated carbocycles. The van der Waals surface area contributed by atoms with Crippen molar-refractivity contribution in [2.24, 2.45) is 0 Å². The molecule has 2 heteroatoms. The summed E-state index contributed by atoms with van der Waals surface area (Å²) in [6.07, 6.45) is 0.450. The number of fused-ring (bicyclic) bond motifs is 1. The molecule has 20 heavy (non-hydrogen) atoms. The van der Waals surface area contributed by atoms with Gasteiger partial charge in [0.15, 0.2) is 0 Å². The van der Waals surface area contributed by atoms with Gasteiger partial charge in [-0.3, -0.25) is 4.79 Å². The normalized spacial score (nSPS) is 10.5. The molecule has 0 N–H and O–H groups in total. The fraction of sp³-hybridized carbons (Fsp3) is 0.278. The van der Waals surface area contributed by atoms with Gasteiger partial charge in [-0.1, -0.05) is 54.6 Å². The Bertz CT molecular complexity index is 630. The first-order chi connectivity index (χ1) is 9.60. The second kappa shape index (κ2) is 6.38. The van der Waals surface area contributed by atoms with Crippen LogP contribution in [0, 0.1) is 0 Å². The van der Waals surface area contributed by atoms with Gasteiger partial charge in [0.2, 0.25) is 5.91 Å². The van der Waals surface area contributed by atoms with Crippen molar-refractivity contribution < 1.29 is 4.79 Å². The van der Waals surface area contributed by atoms with E-state index in [-0.39, 0.29) is 5.91 Å². The number of hydrogen-bond donors (Lipinski definition) is 0. The highest BCUT2D eigenvalue weighted by molar-refractivity contribution is 5.85. The number of benzene rings is 2. The molecule has 0 aromatic heterocycles. The van der Waals surface area contributed by atoms with Gasteiger partial charge < -0.3 is 4.90 Å². The molecule has 0 unspecified atom stereocenters. The van der Waals surface area contributed by atoms with E-state index in [2.05, 4.69) is 30.8 Å². The highest BCUT2D eigenvalue weighted by Gasteiger charge is 2.12. The van der Waals surface area contributed by atoms with Crippen LogP contribution in [0.15, 0.2) is 54.6 Å². The maximum atomic E-state index is 12.3. The molecule has 2 rings (SSSR count). The summed E-state index contributed by atoms with van der Waals surface area (Å²) in [5, 5.41) is 2.39. The second-order valence-electron chi connectivity index (χ2n) is 5.22. The first kappa shape index (κ1) is 14.3. The SMILES string of the molecule is C=C(C)CN(CC)C(=O)Cc1ccc2ccccc2c1. The average molecular weight is 267 g/mol. The molecule has 0 aliphatic rings. The van der Waals surface area contributed by atoms with Crippen LogP contribution in [0.5, 0.6) is 0 Å². The fourth-order valence-electron chi connectivity index (χ4n) is 2.34. The van der Waals surface area contributed by atoms with Gasteiger partial charge in [-0.2, -0.15) is 0 Å². The van der Waals surface area contributed by atoms with Crippen molar-refractivity contribution in [3.05, 3.63) is 60.2 Å². The first-order valence-corrected chi connectivity index (χ1v) is 7.00. The van der Waals surface area contributed by atoms with E-state index >= 15 is 0 Å². The third kappa shape index (κ3) is 3.47. The minimum atomic E-state index is 0.158. The molecule has 2 nitrogen and oxygen atoms in total. The zero-order chi connectivity index (χ0) is 14.5. The van der Waals surface area contributed by atoms with Gasteiger partial charge >= 0.3 is 0 Å². The van der Waals surface area contributed by atoms with Gasteiger partial charge in [0.1, 0.15) is 0 Å². The van der Waals surface area contributed by atoms with E-state index in [4.69, 9.17) is 0 Å². The third-order valence-electron chi connectivity index (χ3n) is 3.36. The van der Waals surface area contributed by atoms with Crippen molar-refractivity contribution >= 4 is 16.7 Å². The zero-order valence-electron chi connectivity index (χ0n) is 12.2. The molecule has 104 valence electrons. The molecule has 0 radical (unpaired) electrons. The third-order valence-corrected chi connectivity index (χ3v) is 3.36. The number of nitrogens with zero attached hydrogens (tertiary/aromatic N) is 1. The minimum absolute atomic E-state index is 0.158. The average Bonchev–Trinajstić information content (AvgIpc) is 2.44. The van der Waals surface area contributed by atoms with Crippen LogP contribution >= 0.6 is 0 Å². The van der Waals surface area contributed by atoms with Crippen molar-refractivity contribution in [1.82, 2.24) is 4.90 Å². The standard InChI is InChI=1S/C18H21NO/c1-4-19(13-14(2)3)18(20)12-15-9-10-16-7-5-6-8-17(16)11-15/h5-11H,2,4,12-13H2,1,3H3. The van der Waals surface area contributed by atoms with E-state index in [9.17, 15) is 4.79 Å². The van der Waals surface area contributed by atoms with E-state index in [0.29, 0.717) is 13.0 Å². The largest absolute Gasteiger partial charge is 0.339 e. The molecule has 0 atom stereocenters. The molecule has 0 saturated heterocycles. The van der Waals surface area contributed by atoms with Crippen molar-refractivity contribution in [2.75, 3.05) is 13.1 Å². The first-order valence-electron chi connectivity index (χ1n) is 7.00. The van der Waals surface area contributed by atoms with Gasteiger partial charge in [-0.25, -0.2) is 0 Å². The molecule has 0 heterocycles. The number of hydrogen-bond acceptors (Lipinski definition) is 1. The molecule has 0 aliphatic heterocycles. The predicted octanol–water partition coefficient (Wildman–Crippen LogP) is 3.81. The monoisotopic (exact) mass is 267 g/mol. The maximum absolute atomic E-state index is 12.3. The van der Waals surface area contributed by atoms with Crippen molar-refractivity contribution in [2.45, 2.75) is 20.3 Å². The molecule has 1 amide bonds. The summed E-state index contributed by atoms with van der Waals surface area (Å²) < 4.78 is 0. The van der Waals surface area contributed by atoms with Crippen LogP contribution in [0.3, 0.4) is 0 Å². The predicted molar refractivity (Wildman–Crippen MR) is 84.7 cm³/mol. The van der Waals surface area contributed by atoms with Crippen molar-refractivity contribution in [3.63, 3.8) is 0 Å². The Balaban J connectivity index is 2.14. The van der Waals surface area contributed by atoms with Gasteiger partial charge in [-0.05, 0) is 30.2 Å². The summed E-state index contributed by atoms with van der Waals surface area (Å²) in [6, 6.07) is 14.4. The fourth-order valence-corrected chi connectivity index (χ4v) is 2.34. The van der Waals surface area contributed by atoms with Gasteiger partial charge in [0, 0.05) is 13.1 Å². The lowest BCUT2D eigenvalue weighted by atomic mass is 10.0. The molecule has 2 aromatic carbocycles. The van der Waals surface area contributed by atoms with E-state index in [1.165, 1.54) is 10.8 Å². The van der Waals surface area contributed by atoms with E-state index in [1.807, 2.05) is 36.9 Å². The lowest BCUT2D eigenvalue weighted by molar-refractivity contribution is -0.129. The number of carbonyl (C=O) groups excluding carboxylic acids is 1. The van der Waals surface area contributed by atoms with Crippen LogP contribution in [-0.2, 0) is 11.2 Å². The zero-order valence-corrected chi connectivity index (χ0v) is 12.2. The summed E-state index contributed by atoms with van der Waals surface area (Å²) in [7, 11) is 0. The quantitative estimate of drug-likeness (QED) is 0.754. The summed E-state index contributed by atoms with van der Waals surface area (Å²) in [6.45, 7) is 9.19. The van der Waals surface area contributed by atoms with Gasteiger partial charge in [0.05, 0.1) is 6.42 Å². The minimum Gasteiger partial charge on any atom is -0.339 e. The summed E-state index contributed by atoms with van der Waals surface area (Å²) >= 11 is 0. The Kier molecular flexibility index (Phi) is 4.57. The van der Waals surface area contributed by atoms with E-state index in [0.717, 1.165) is 17.7 Å². The Hall–Kier alpha value is -2.09. The smallest absolute Gasteiger partial charge is 0.227 e. The summed E-state index contributed by atoms with van der Waals surface area (Å²) in [5.74, 6) is 0.158. The van der Waals surface area contributed by atoms with Gasteiger partial charge in [0.25, 0.3) is 0 Å². The Morgan fingerprint density at radius 1 is 1.15 bits per heavy atom. The number of likely N-dealkylation sites (N-methyl/N-ethyl adjacent to an activating group) is 1. The lowest BCUT2D eigenvalue weighted by Gasteiger charge is -2.21. The molecule has 0 fully saturated rings. The number of amides is 1. The highest BCUT2D eigenvalue weighted by Crippen LogP contribution is 2.16. The van der Waals surface area contributed by atoms with Crippen LogP contribution in [-0.4, -0.2) is 23.9 Å². The number of carbonyl (C=O) groups is 1. The van der Waals surface area contributed by atoms with Crippen molar-refractivity contribution in [1.29, 1.82) is 0 Å². The maximum Gasteiger partial charge on any atom is 0.227 e.